The first-order chi connectivity index (χ1) is 8.41. The lowest BCUT2D eigenvalue weighted by Crippen LogP contribution is -2.03. The Morgan fingerprint density at radius 3 is 2.67 bits per heavy atom. The molecule has 1 atom stereocenters. The van der Waals surface area contributed by atoms with E-state index < -0.39 is 18.0 Å². The van der Waals surface area contributed by atoms with Gasteiger partial charge in [-0.2, -0.15) is 13.2 Å². The first-order valence-corrected chi connectivity index (χ1v) is 5.41. The molecule has 0 bridgehead atoms. The van der Waals surface area contributed by atoms with Crippen LogP contribution < -0.4 is 0 Å². The third kappa shape index (κ3) is 2.49. The summed E-state index contributed by atoms with van der Waals surface area (Å²) in [5.41, 5.74) is 0.148. The molecular weight excluding hydrogens is 247 g/mol. The maximum Gasteiger partial charge on any atom is 0.416 e. The van der Waals surface area contributed by atoms with Crippen molar-refractivity contribution >= 4 is 10.9 Å². The SMILES string of the molecule is CCOC(O)c1cc2cc(C(F)(F)F)ccc2[nH]1. The summed E-state index contributed by atoms with van der Waals surface area (Å²) >= 11 is 0. The minimum absolute atomic E-state index is 0.310. The van der Waals surface area contributed by atoms with Gasteiger partial charge < -0.3 is 14.8 Å². The number of ether oxygens (including phenoxy) is 1. The number of aliphatic hydroxyl groups is 1. The molecule has 0 aliphatic heterocycles. The molecule has 0 aliphatic carbocycles. The summed E-state index contributed by atoms with van der Waals surface area (Å²) in [5, 5.41) is 9.96. The Labute approximate surface area is 101 Å². The van der Waals surface area contributed by atoms with E-state index in [-0.39, 0.29) is 0 Å². The van der Waals surface area contributed by atoms with Gasteiger partial charge in [0, 0.05) is 17.5 Å². The van der Waals surface area contributed by atoms with Crippen molar-refractivity contribution in [2.75, 3.05) is 6.61 Å². The molecule has 98 valence electrons. The van der Waals surface area contributed by atoms with E-state index in [2.05, 4.69) is 4.98 Å². The molecule has 1 unspecified atom stereocenters. The van der Waals surface area contributed by atoms with Crippen molar-refractivity contribution in [1.29, 1.82) is 0 Å². The van der Waals surface area contributed by atoms with Crippen molar-refractivity contribution < 1.29 is 23.0 Å². The van der Waals surface area contributed by atoms with Gasteiger partial charge in [0.25, 0.3) is 0 Å². The molecule has 0 fully saturated rings. The molecule has 0 saturated heterocycles. The van der Waals surface area contributed by atoms with Crippen molar-refractivity contribution in [3.63, 3.8) is 0 Å². The van der Waals surface area contributed by atoms with Gasteiger partial charge in [-0.1, -0.05) is 0 Å². The molecule has 1 heterocycles. The van der Waals surface area contributed by atoms with E-state index in [0.29, 0.717) is 23.2 Å². The molecule has 1 aromatic carbocycles. The van der Waals surface area contributed by atoms with E-state index in [4.69, 9.17) is 4.74 Å². The highest BCUT2D eigenvalue weighted by molar-refractivity contribution is 5.81. The lowest BCUT2D eigenvalue weighted by atomic mass is 10.1. The minimum atomic E-state index is -4.37. The van der Waals surface area contributed by atoms with Gasteiger partial charge in [0.1, 0.15) is 0 Å². The van der Waals surface area contributed by atoms with Gasteiger partial charge in [-0.15, -0.1) is 0 Å². The third-order valence-electron chi connectivity index (χ3n) is 2.56. The van der Waals surface area contributed by atoms with Crippen LogP contribution in [0.25, 0.3) is 10.9 Å². The topological polar surface area (TPSA) is 45.2 Å². The number of rotatable bonds is 3. The monoisotopic (exact) mass is 259 g/mol. The van der Waals surface area contributed by atoms with Crippen LogP contribution in [0.1, 0.15) is 24.5 Å². The van der Waals surface area contributed by atoms with Crippen LogP contribution in [0.2, 0.25) is 0 Å². The van der Waals surface area contributed by atoms with Crippen molar-refractivity contribution in [2.45, 2.75) is 19.4 Å². The molecule has 0 saturated carbocycles. The highest BCUT2D eigenvalue weighted by Gasteiger charge is 2.30. The number of aliphatic hydroxyl groups excluding tert-OH is 1. The van der Waals surface area contributed by atoms with Crippen molar-refractivity contribution in [3.8, 4) is 0 Å². The minimum Gasteiger partial charge on any atom is -0.363 e. The Morgan fingerprint density at radius 1 is 1.33 bits per heavy atom. The average molecular weight is 259 g/mol. The van der Waals surface area contributed by atoms with Gasteiger partial charge in [-0.25, -0.2) is 0 Å². The normalized spacial score (nSPS) is 14.1. The van der Waals surface area contributed by atoms with Gasteiger partial charge in [0.05, 0.1) is 11.3 Å². The molecule has 18 heavy (non-hydrogen) atoms. The molecule has 6 heteroatoms. The summed E-state index contributed by atoms with van der Waals surface area (Å²) < 4.78 is 42.5. The predicted octanol–water partition coefficient (Wildman–Crippen LogP) is 3.21. The summed E-state index contributed by atoms with van der Waals surface area (Å²) in [7, 11) is 0. The van der Waals surface area contributed by atoms with Crippen LogP contribution in [0, 0.1) is 0 Å². The zero-order valence-corrected chi connectivity index (χ0v) is 9.58. The summed E-state index contributed by atoms with van der Waals surface area (Å²) in [6.45, 7) is 2.03. The van der Waals surface area contributed by atoms with Crippen molar-refractivity contribution in [2.24, 2.45) is 0 Å². The predicted molar refractivity (Wildman–Crippen MR) is 59.9 cm³/mol. The number of alkyl halides is 3. The molecule has 1 aromatic heterocycles. The van der Waals surface area contributed by atoms with Gasteiger partial charge in [0.15, 0.2) is 6.29 Å². The Hall–Kier alpha value is -1.53. The van der Waals surface area contributed by atoms with Gasteiger partial charge >= 0.3 is 6.18 Å². The lowest BCUT2D eigenvalue weighted by Gasteiger charge is -2.07. The summed E-state index contributed by atoms with van der Waals surface area (Å²) in [4.78, 5) is 2.82. The second-order valence-corrected chi connectivity index (χ2v) is 3.83. The Balaban J connectivity index is 2.40. The maximum atomic E-state index is 12.5. The highest BCUT2D eigenvalue weighted by atomic mass is 19.4. The van der Waals surface area contributed by atoms with Crippen LogP contribution >= 0.6 is 0 Å². The van der Waals surface area contributed by atoms with Crippen LogP contribution in [0.3, 0.4) is 0 Å². The third-order valence-corrected chi connectivity index (χ3v) is 2.56. The molecule has 0 amide bonds. The lowest BCUT2D eigenvalue weighted by molar-refractivity contribution is -0.137. The largest absolute Gasteiger partial charge is 0.416 e. The van der Waals surface area contributed by atoms with Gasteiger partial charge in [0.2, 0.25) is 0 Å². The first-order valence-electron chi connectivity index (χ1n) is 5.41. The standard InChI is InChI=1S/C12H12F3NO2/c1-2-18-11(17)10-6-7-5-8(12(13,14)15)3-4-9(7)16-10/h3-6,11,16-17H,2H2,1H3. The molecule has 2 aromatic rings. The number of halogens is 3. The average Bonchev–Trinajstić information content (AvgIpc) is 2.70. The maximum absolute atomic E-state index is 12.5. The second kappa shape index (κ2) is 4.62. The zero-order chi connectivity index (χ0) is 13.3. The molecule has 2 rings (SSSR count). The Morgan fingerprint density at radius 2 is 2.06 bits per heavy atom. The number of benzene rings is 1. The molecule has 3 nitrogen and oxygen atoms in total. The van der Waals surface area contributed by atoms with Crippen molar-refractivity contribution in [1.82, 2.24) is 4.98 Å². The molecule has 0 spiro atoms. The van der Waals surface area contributed by atoms with Crippen LogP contribution in [0.15, 0.2) is 24.3 Å². The number of nitrogens with one attached hydrogen (secondary N) is 1. The highest BCUT2D eigenvalue weighted by Crippen LogP contribution is 2.32. The number of aromatic nitrogens is 1. The van der Waals surface area contributed by atoms with Crippen molar-refractivity contribution in [3.05, 3.63) is 35.5 Å². The van der Waals surface area contributed by atoms with Gasteiger partial charge in [-0.3, -0.25) is 0 Å². The number of hydrogen-bond donors (Lipinski definition) is 2. The summed E-state index contributed by atoms with van der Waals surface area (Å²) in [6.07, 6.45) is -5.53. The zero-order valence-electron chi connectivity index (χ0n) is 9.58. The fourth-order valence-electron chi connectivity index (χ4n) is 1.71. The Bertz CT molecular complexity index is 548. The molecule has 0 radical (unpaired) electrons. The van der Waals surface area contributed by atoms with Crippen LogP contribution in [-0.4, -0.2) is 16.7 Å². The number of aromatic amines is 1. The molecule has 0 aliphatic rings. The van der Waals surface area contributed by atoms with Crippen LogP contribution in [0.5, 0.6) is 0 Å². The van der Waals surface area contributed by atoms with Crippen LogP contribution in [0.4, 0.5) is 13.2 Å². The van der Waals surface area contributed by atoms with E-state index in [1.807, 2.05) is 0 Å². The number of hydrogen-bond acceptors (Lipinski definition) is 2. The first kappa shape index (κ1) is 12.9. The number of fused-ring (bicyclic) bond motifs is 1. The summed E-state index contributed by atoms with van der Waals surface area (Å²) in [5.74, 6) is 0. The van der Waals surface area contributed by atoms with E-state index in [9.17, 15) is 18.3 Å². The smallest absolute Gasteiger partial charge is 0.363 e. The quantitative estimate of drug-likeness (QED) is 0.831. The van der Waals surface area contributed by atoms with E-state index in [1.165, 1.54) is 12.1 Å². The van der Waals surface area contributed by atoms with Gasteiger partial charge in [-0.05, 0) is 31.2 Å². The molecular formula is C12H12F3NO2. The fourth-order valence-corrected chi connectivity index (χ4v) is 1.71. The van der Waals surface area contributed by atoms with E-state index >= 15 is 0 Å². The Kier molecular flexibility index (Phi) is 3.32. The van der Waals surface area contributed by atoms with E-state index in [1.54, 1.807) is 6.92 Å². The number of H-pyrrole nitrogens is 1. The van der Waals surface area contributed by atoms with Crippen LogP contribution in [-0.2, 0) is 10.9 Å². The fraction of sp³-hybridized carbons (Fsp3) is 0.333. The van der Waals surface area contributed by atoms with E-state index in [0.717, 1.165) is 12.1 Å². The second-order valence-electron chi connectivity index (χ2n) is 3.83. The summed E-state index contributed by atoms with van der Waals surface area (Å²) in [6, 6.07) is 4.81. The molecule has 2 N–H and O–H groups in total.